The third kappa shape index (κ3) is 5.66. The molecule has 0 aromatic carbocycles. The summed E-state index contributed by atoms with van der Waals surface area (Å²) in [4.78, 5) is 10.2. The van der Waals surface area contributed by atoms with Crippen molar-refractivity contribution >= 4 is 6.09 Å². The van der Waals surface area contributed by atoms with Gasteiger partial charge >= 0.3 is 6.09 Å². The van der Waals surface area contributed by atoms with E-state index < -0.39 is 6.09 Å². The van der Waals surface area contributed by atoms with E-state index in [9.17, 15) is 4.79 Å². The molecular formula is C7H16N2O2. The average molecular weight is 160 g/mol. The van der Waals surface area contributed by atoms with Crippen LogP contribution >= 0.6 is 0 Å². The summed E-state index contributed by atoms with van der Waals surface area (Å²) in [6, 6.07) is 0. The van der Waals surface area contributed by atoms with Gasteiger partial charge in [0.2, 0.25) is 0 Å². The normalized spacial score (nSPS) is 10.2. The first-order chi connectivity index (χ1) is 5.04. The van der Waals surface area contributed by atoms with E-state index in [0.717, 1.165) is 17.9 Å². The van der Waals surface area contributed by atoms with E-state index in [2.05, 4.69) is 13.8 Å². The molecule has 3 N–H and O–H groups in total. The molecule has 0 aromatic rings. The Kier molecular flexibility index (Phi) is 4.61. The lowest BCUT2D eigenvalue weighted by molar-refractivity contribution is 0.144. The Bertz CT molecular complexity index is 126. The Morgan fingerprint density at radius 3 is 2.55 bits per heavy atom. The number of carbonyl (C=O) groups is 1. The molecule has 11 heavy (non-hydrogen) atoms. The molecule has 0 saturated carbocycles. The minimum Gasteiger partial charge on any atom is -0.464 e. The van der Waals surface area contributed by atoms with Gasteiger partial charge in [-0.15, -0.1) is 0 Å². The predicted octanol–water partition coefficient (Wildman–Crippen LogP) is 1.28. The number of hydrogen-bond donors (Lipinski definition) is 2. The molecule has 0 aliphatic rings. The van der Waals surface area contributed by atoms with Crippen molar-refractivity contribution in [2.45, 2.75) is 26.7 Å². The third-order valence-corrected chi connectivity index (χ3v) is 1.43. The molecule has 4 nitrogen and oxygen atoms in total. The Balaban J connectivity index is 3.31. The fourth-order valence-corrected chi connectivity index (χ4v) is 0.766. The molecule has 0 spiro atoms. The molecule has 0 heterocycles. The van der Waals surface area contributed by atoms with Crippen molar-refractivity contribution in [3.63, 3.8) is 0 Å². The maximum absolute atomic E-state index is 10.2. The lowest BCUT2D eigenvalue weighted by atomic mass is 10.1. The van der Waals surface area contributed by atoms with Crippen LogP contribution in [0.25, 0.3) is 0 Å². The van der Waals surface area contributed by atoms with E-state index in [1.165, 1.54) is 0 Å². The largest absolute Gasteiger partial charge is 0.464 e. The summed E-state index contributed by atoms with van der Waals surface area (Å²) in [5, 5.41) is 9.17. The Hall–Kier alpha value is -0.770. The number of carboxylic acid groups (broad SMARTS) is 1. The molecular weight excluding hydrogens is 144 g/mol. The van der Waals surface area contributed by atoms with Gasteiger partial charge in [-0.05, 0) is 18.8 Å². The van der Waals surface area contributed by atoms with Crippen LogP contribution in [0.5, 0.6) is 0 Å². The van der Waals surface area contributed by atoms with Crippen molar-refractivity contribution in [3.8, 4) is 0 Å². The Labute approximate surface area is 67.0 Å². The lowest BCUT2D eigenvalue weighted by Crippen LogP contribution is -2.36. The van der Waals surface area contributed by atoms with Crippen molar-refractivity contribution < 1.29 is 9.90 Å². The van der Waals surface area contributed by atoms with E-state index in [1.54, 1.807) is 0 Å². The molecule has 4 heteroatoms. The van der Waals surface area contributed by atoms with Gasteiger partial charge in [-0.25, -0.2) is 15.6 Å². The number of hydrazine groups is 1. The number of nitrogens with two attached hydrogens (primary N) is 1. The Morgan fingerprint density at radius 1 is 1.64 bits per heavy atom. The van der Waals surface area contributed by atoms with Crippen LogP contribution in [0.4, 0.5) is 4.79 Å². The van der Waals surface area contributed by atoms with Crippen molar-refractivity contribution in [2.24, 2.45) is 11.8 Å². The van der Waals surface area contributed by atoms with Crippen LogP contribution in [0.2, 0.25) is 0 Å². The SMILES string of the molecule is CC(C)CCCN(N)C(=O)O. The molecule has 0 bridgehead atoms. The van der Waals surface area contributed by atoms with E-state index in [-0.39, 0.29) is 0 Å². The van der Waals surface area contributed by atoms with Gasteiger partial charge in [0.1, 0.15) is 0 Å². The highest BCUT2D eigenvalue weighted by atomic mass is 16.4. The quantitative estimate of drug-likeness (QED) is 0.370. The third-order valence-electron chi connectivity index (χ3n) is 1.43. The summed E-state index contributed by atoms with van der Waals surface area (Å²) < 4.78 is 0. The summed E-state index contributed by atoms with van der Waals surface area (Å²) >= 11 is 0. The summed E-state index contributed by atoms with van der Waals surface area (Å²) in [5.41, 5.74) is 0. The molecule has 0 unspecified atom stereocenters. The molecule has 0 radical (unpaired) electrons. The van der Waals surface area contributed by atoms with Gasteiger partial charge in [0.25, 0.3) is 0 Å². The van der Waals surface area contributed by atoms with Gasteiger partial charge in [-0.1, -0.05) is 13.8 Å². The summed E-state index contributed by atoms with van der Waals surface area (Å²) in [7, 11) is 0. The maximum atomic E-state index is 10.2. The van der Waals surface area contributed by atoms with Gasteiger partial charge in [-0.3, -0.25) is 0 Å². The number of amides is 1. The second-order valence-corrected chi connectivity index (χ2v) is 3.01. The van der Waals surface area contributed by atoms with Crippen LogP contribution in [0.3, 0.4) is 0 Å². The van der Waals surface area contributed by atoms with E-state index in [0.29, 0.717) is 12.5 Å². The van der Waals surface area contributed by atoms with Gasteiger partial charge in [-0.2, -0.15) is 0 Å². The first-order valence-corrected chi connectivity index (χ1v) is 3.79. The van der Waals surface area contributed by atoms with Crippen LogP contribution in [-0.4, -0.2) is 22.8 Å². The van der Waals surface area contributed by atoms with Crippen LogP contribution < -0.4 is 5.84 Å². The lowest BCUT2D eigenvalue weighted by Gasteiger charge is -2.12. The van der Waals surface area contributed by atoms with Crippen LogP contribution in [-0.2, 0) is 0 Å². The second-order valence-electron chi connectivity index (χ2n) is 3.01. The van der Waals surface area contributed by atoms with Gasteiger partial charge in [0, 0.05) is 6.54 Å². The molecule has 0 fully saturated rings. The summed E-state index contributed by atoms with van der Waals surface area (Å²) in [6.45, 7) is 4.62. The van der Waals surface area contributed by atoms with E-state index in [4.69, 9.17) is 10.9 Å². The van der Waals surface area contributed by atoms with Gasteiger partial charge in [0.15, 0.2) is 0 Å². The Morgan fingerprint density at radius 2 is 2.18 bits per heavy atom. The van der Waals surface area contributed by atoms with Crippen molar-refractivity contribution in [3.05, 3.63) is 0 Å². The maximum Gasteiger partial charge on any atom is 0.421 e. The number of hydrogen-bond acceptors (Lipinski definition) is 2. The highest BCUT2D eigenvalue weighted by molar-refractivity contribution is 5.63. The molecule has 0 saturated heterocycles. The number of rotatable bonds is 4. The molecule has 1 amide bonds. The smallest absolute Gasteiger partial charge is 0.421 e. The van der Waals surface area contributed by atoms with Gasteiger partial charge in [0.05, 0.1) is 0 Å². The standard InChI is InChI=1S/C7H16N2O2/c1-6(2)4-3-5-9(8)7(10)11/h6H,3-5,8H2,1-2H3,(H,10,11). The predicted molar refractivity (Wildman–Crippen MR) is 43.0 cm³/mol. The zero-order valence-electron chi connectivity index (χ0n) is 7.08. The van der Waals surface area contributed by atoms with Crippen LogP contribution in [0, 0.1) is 5.92 Å². The second kappa shape index (κ2) is 4.96. The first-order valence-electron chi connectivity index (χ1n) is 3.79. The average Bonchev–Trinajstić information content (AvgIpc) is 1.86. The number of nitrogens with zero attached hydrogens (tertiary/aromatic N) is 1. The highest BCUT2D eigenvalue weighted by Crippen LogP contribution is 2.03. The molecule has 0 aliphatic carbocycles. The summed E-state index contributed by atoms with van der Waals surface area (Å²) in [5.74, 6) is 5.75. The zero-order valence-corrected chi connectivity index (χ0v) is 7.08. The molecule has 0 aromatic heterocycles. The van der Waals surface area contributed by atoms with Gasteiger partial charge < -0.3 is 5.11 Å². The minimum atomic E-state index is -1.06. The summed E-state index contributed by atoms with van der Waals surface area (Å²) in [6.07, 6.45) is 0.787. The molecule has 0 aliphatic heterocycles. The monoisotopic (exact) mass is 160 g/mol. The first kappa shape index (κ1) is 10.2. The molecule has 66 valence electrons. The highest BCUT2D eigenvalue weighted by Gasteiger charge is 2.04. The minimum absolute atomic E-state index is 0.424. The molecule has 0 rings (SSSR count). The fourth-order valence-electron chi connectivity index (χ4n) is 0.766. The fraction of sp³-hybridized carbons (Fsp3) is 0.857. The van der Waals surface area contributed by atoms with Crippen molar-refractivity contribution in [1.29, 1.82) is 0 Å². The van der Waals surface area contributed by atoms with Crippen molar-refractivity contribution in [1.82, 2.24) is 5.01 Å². The zero-order chi connectivity index (χ0) is 8.85. The topological polar surface area (TPSA) is 66.6 Å². The molecule has 0 atom stereocenters. The van der Waals surface area contributed by atoms with E-state index >= 15 is 0 Å². The van der Waals surface area contributed by atoms with E-state index in [1.807, 2.05) is 0 Å². The van der Waals surface area contributed by atoms with Crippen LogP contribution in [0.15, 0.2) is 0 Å². The van der Waals surface area contributed by atoms with Crippen molar-refractivity contribution in [2.75, 3.05) is 6.54 Å². The van der Waals surface area contributed by atoms with Crippen LogP contribution in [0.1, 0.15) is 26.7 Å².